The van der Waals surface area contributed by atoms with Gasteiger partial charge in [0.25, 0.3) is 0 Å². The molecule has 0 saturated heterocycles. The van der Waals surface area contributed by atoms with Crippen LogP contribution >= 0.6 is 7.37 Å². The van der Waals surface area contributed by atoms with Crippen molar-refractivity contribution in [2.75, 3.05) is 27.0 Å². The minimum absolute atomic E-state index is 0.0417. The van der Waals surface area contributed by atoms with Gasteiger partial charge < -0.3 is 14.4 Å². The molecule has 0 aromatic heterocycles. The van der Waals surface area contributed by atoms with E-state index < -0.39 is 13.7 Å². The van der Waals surface area contributed by atoms with Crippen LogP contribution in [-0.4, -0.2) is 38.2 Å². The van der Waals surface area contributed by atoms with Gasteiger partial charge in [0.2, 0.25) is 7.37 Å². The lowest BCUT2D eigenvalue weighted by Crippen LogP contribution is -2.17. The summed E-state index contributed by atoms with van der Waals surface area (Å²) < 4.78 is 20.2. The SMILES string of the molecule is COC(CP(C)(=O)O)OC. The maximum Gasteiger partial charge on any atom is 0.202 e. The molecule has 0 aliphatic carbocycles. The highest BCUT2D eigenvalue weighted by Gasteiger charge is 2.17. The van der Waals surface area contributed by atoms with Crippen LogP contribution in [-0.2, 0) is 14.0 Å². The third kappa shape index (κ3) is 4.94. The van der Waals surface area contributed by atoms with Gasteiger partial charge in [-0.2, -0.15) is 0 Å². The second-order valence-corrected chi connectivity index (χ2v) is 4.60. The second-order valence-electron chi connectivity index (χ2n) is 2.13. The van der Waals surface area contributed by atoms with Gasteiger partial charge in [-0.3, -0.25) is 4.57 Å². The normalized spacial score (nSPS) is 17.3. The minimum atomic E-state index is -3.00. The molecule has 0 aromatic rings. The lowest BCUT2D eigenvalue weighted by molar-refractivity contribution is -0.0862. The van der Waals surface area contributed by atoms with Crippen LogP contribution < -0.4 is 0 Å². The highest BCUT2D eigenvalue weighted by Crippen LogP contribution is 2.36. The van der Waals surface area contributed by atoms with Crippen molar-refractivity contribution in [1.82, 2.24) is 0 Å². The van der Waals surface area contributed by atoms with E-state index in [0.717, 1.165) is 0 Å². The van der Waals surface area contributed by atoms with Crippen molar-refractivity contribution in [3.05, 3.63) is 0 Å². The first-order valence-electron chi connectivity index (χ1n) is 2.84. The largest absolute Gasteiger partial charge is 0.355 e. The molecule has 10 heavy (non-hydrogen) atoms. The van der Waals surface area contributed by atoms with Crippen molar-refractivity contribution in [3.8, 4) is 0 Å². The zero-order chi connectivity index (χ0) is 8.20. The van der Waals surface area contributed by atoms with E-state index in [1.54, 1.807) is 0 Å². The van der Waals surface area contributed by atoms with Crippen molar-refractivity contribution in [3.63, 3.8) is 0 Å². The van der Waals surface area contributed by atoms with E-state index in [1.807, 2.05) is 0 Å². The molecule has 1 atom stereocenters. The van der Waals surface area contributed by atoms with E-state index in [-0.39, 0.29) is 6.16 Å². The van der Waals surface area contributed by atoms with Crippen LogP contribution in [0.1, 0.15) is 0 Å². The highest BCUT2D eigenvalue weighted by molar-refractivity contribution is 7.57. The van der Waals surface area contributed by atoms with Gasteiger partial charge in [-0.1, -0.05) is 0 Å². The first-order valence-corrected chi connectivity index (χ1v) is 5.13. The standard InChI is InChI=1S/C5H13O4P/c1-8-5(9-2)4-10(3,6)7/h5H,4H2,1-3H3,(H,6,7). The van der Waals surface area contributed by atoms with Crippen molar-refractivity contribution in [2.24, 2.45) is 0 Å². The zero-order valence-electron chi connectivity index (χ0n) is 6.40. The Kier molecular flexibility index (Phi) is 4.13. The number of methoxy groups -OCH3 is 2. The molecular weight excluding hydrogens is 155 g/mol. The predicted octanol–water partition coefficient (Wildman–Crippen LogP) is 0.506. The van der Waals surface area contributed by atoms with Gasteiger partial charge in [-0.05, 0) is 0 Å². The molecule has 1 N–H and O–H groups in total. The summed E-state index contributed by atoms with van der Waals surface area (Å²) in [5.74, 6) is 0. The third-order valence-corrected chi connectivity index (χ3v) is 1.99. The number of rotatable bonds is 4. The smallest absolute Gasteiger partial charge is 0.202 e. The molecule has 0 radical (unpaired) electrons. The maximum atomic E-state index is 10.7. The van der Waals surface area contributed by atoms with E-state index in [4.69, 9.17) is 14.4 Å². The number of hydrogen-bond acceptors (Lipinski definition) is 3. The Balaban J connectivity index is 3.75. The Morgan fingerprint density at radius 1 is 1.50 bits per heavy atom. The average Bonchev–Trinajstić information content (AvgIpc) is 1.81. The number of hydrogen-bond donors (Lipinski definition) is 1. The maximum absolute atomic E-state index is 10.7. The van der Waals surface area contributed by atoms with Gasteiger partial charge in [-0.25, -0.2) is 0 Å². The fourth-order valence-electron chi connectivity index (χ4n) is 0.522. The fourth-order valence-corrected chi connectivity index (χ4v) is 1.37. The van der Waals surface area contributed by atoms with Gasteiger partial charge in [0.15, 0.2) is 6.29 Å². The van der Waals surface area contributed by atoms with Crippen LogP contribution in [0.25, 0.3) is 0 Å². The molecule has 0 saturated carbocycles. The molecule has 1 unspecified atom stereocenters. The zero-order valence-corrected chi connectivity index (χ0v) is 7.30. The molecule has 0 heterocycles. The summed E-state index contributed by atoms with van der Waals surface area (Å²) in [7, 11) is -0.136. The predicted molar refractivity (Wildman–Crippen MR) is 38.4 cm³/mol. The first kappa shape index (κ1) is 10.1. The second kappa shape index (κ2) is 4.09. The van der Waals surface area contributed by atoms with Gasteiger partial charge in [0.1, 0.15) is 0 Å². The molecule has 5 heteroatoms. The van der Waals surface area contributed by atoms with E-state index >= 15 is 0 Å². The van der Waals surface area contributed by atoms with Crippen molar-refractivity contribution in [2.45, 2.75) is 6.29 Å². The third-order valence-electron chi connectivity index (χ3n) is 1.01. The fraction of sp³-hybridized carbons (Fsp3) is 1.00. The topological polar surface area (TPSA) is 55.8 Å². The Bertz CT molecular complexity index is 126. The van der Waals surface area contributed by atoms with Crippen LogP contribution in [0.4, 0.5) is 0 Å². The molecular formula is C5H13O4P. The average molecular weight is 168 g/mol. The molecule has 0 bridgehead atoms. The van der Waals surface area contributed by atoms with Gasteiger partial charge in [-0.15, -0.1) is 0 Å². The minimum Gasteiger partial charge on any atom is -0.355 e. The number of ether oxygens (including phenoxy) is 2. The quantitative estimate of drug-likeness (QED) is 0.490. The molecule has 4 nitrogen and oxygen atoms in total. The molecule has 0 aromatic carbocycles. The highest BCUT2D eigenvalue weighted by atomic mass is 31.2. The van der Waals surface area contributed by atoms with Crippen LogP contribution in [0.5, 0.6) is 0 Å². The summed E-state index contributed by atoms with van der Waals surface area (Å²) in [5, 5.41) is 0. The van der Waals surface area contributed by atoms with Crippen LogP contribution in [0.2, 0.25) is 0 Å². The van der Waals surface area contributed by atoms with E-state index in [1.165, 1.54) is 20.9 Å². The first-order chi connectivity index (χ1) is 4.49. The summed E-state index contributed by atoms with van der Waals surface area (Å²) in [4.78, 5) is 8.85. The van der Waals surface area contributed by atoms with Gasteiger partial charge in [0, 0.05) is 20.9 Å². The molecule has 0 aliphatic rings. The van der Waals surface area contributed by atoms with E-state index in [0.29, 0.717) is 0 Å². The molecule has 62 valence electrons. The molecule has 0 rings (SSSR count). The molecule has 0 aliphatic heterocycles. The molecule has 0 amide bonds. The lowest BCUT2D eigenvalue weighted by Gasteiger charge is -2.14. The summed E-state index contributed by atoms with van der Waals surface area (Å²) in [5.41, 5.74) is 0. The van der Waals surface area contributed by atoms with Crippen LogP contribution in [0.3, 0.4) is 0 Å². The van der Waals surface area contributed by atoms with E-state index in [9.17, 15) is 4.57 Å². The Labute approximate surface area is 60.6 Å². The van der Waals surface area contributed by atoms with Crippen LogP contribution in [0, 0.1) is 0 Å². The lowest BCUT2D eigenvalue weighted by atomic mass is 10.7. The van der Waals surface area contributed by atoms with Gasteiger partial charge in [0.05, 0.1) is 6.16 Å². The Hall–Kier alpha value is 0.110. The summed E-state index contributed by atoms with van der Waals surface area (Å²) >= 11 is 0. The van der Waals surface area contributed by atoms with Crippen molar-refractivity contribution in [1.29, 1.82) is 0 Å². The Morgan fingerprint density at radius 2 is 1.90 bits per heavy atom. The van der Waals surface area contributed by atoms with E-state index in [2.05, 4.69) is 0 Å². The monoisotopic (exact) mass is 168 g/mol. The Morgan fingerprint density at radius 3 is 2.00 bits per heavy atom. The molecule has 0 spiro atoms. The van der Waals surface area contributed by atoms with Crippen molar-refractivity contribution < 1.29 is 18.9 Å². The summed E-state index contributed by atoms with van der Waals surface area (Å²) in [6.07, 6.45) is -0.527. The summed E-state index contributed by atoms with van der Waals surface area (Å²) in [6, 6.07) is 0. The molecule has 0 fully saturated rings. The van der Waals surface area contributed by atoms with Gasteiger partial charge >= 0.3 is 0 Å². The van der Waals surface area contributed by atoms with Crippen LogP contribution in [0.15, 0.2) is 0 Å². The summed E-state index contributed by atoms with van der Waals surface area (Å²) in [6.45, 7) is 1.28. The van der Waals surface area contributed by atoms with Crippen molar-refractivity contribution >= 4 is 7.37 Å².